The number of anilines is 1. The zero-order valence-electron chi connectivity index (χ0n) is 12.0. The fourth-order valence-electron chi connectivity index (χ4n) is 2.95. The number of aromatic nitrogens is 3. The van der Waals surface area contributed by atoms with Crippen molar-refractivity contribution in [3.05, 3.63) is 54.1 Å². The minimum Gasteiger partial charge on any atom is -0.394 e. The molecule has 0 saturated carbocycles. The number of hydrogen-bond acceptors (Lipinski definition) is 4. The van der Waals surface area contributed by atoms with Crippen LogP contribution in [0.5, 0.6) is 0 Å². The Hall–Kier alpha value is -2.66. The van der Waals surface area contributed by atoms with Crippen LogP contribution >= 0.6 is 0 Å². The van der Waals surface area contributed by atoms with Gasteiger partial charge in [0, 0.05) is 23.4 Å². The summed E-state index contributed by atoms with van der Waals surface area (Å²) in [6.45, 7) is 1.21. The summed E-state index contributed by atoms with van der Waals surface area (Å²) in [6, 6.07) is 16.4. The van der Waals surface area contributed by atoms with E-state index >= 15 is 0 Å². The molecule has 2 N–H and O–H groups in total. The van der Waals surface area contributed by atoms with Crippen LogP contribution < -0.4 is 5.32 Å². The summed E-state index contributed by atoms with van der Waals surface area (Å²) in [4.78, 5) is 0. The van der Waals surface area contributed by atoms with E-state index in [4.69, 9.17) is 0 Å². The Bertz CT molecular complexity index is 825. The maximum absolute atomic E-state index is 9.30. The van der Waals surface area contributed by atoms with Crippen molar-refractivity contribution in [3.8, 4) is 22.5 Å². The van der Waals surface area contributed by atoms with Crippen LogP contribution in [0.2, 0.25) is 0 Å². The third-order valence-electron chi connectivity index (χ3n) is 3.97. The van der Waals surface area contributed by atoms with Gasteiger partial charge in [-0.05, 0) is 11.6 Å². The lowest BCUT2D eigenvalue weighted by Crippen LogP contribution is -2.10. The maximum atomic E-state index is 9.30. The highest BCUT2D eigenvalue weighted by Crippen LogP contribution is 2.38. The molecule has 0 amide bonds. The largest absolute Gasteiger partial charge is 0.394 e. The molecule has 0 saturated heterocycles. The predicted molar refractivity (Wildman–Crippen MR) is 85.3 cm³/mol. The molecule has 2 aromatic carbocycles. The van der Waals surface area contributed by atoms with Crippen LogP contribution in [0.15, 0.2) is 48.5 Å². The van der Waals surface area contributed by atoms with Crippen molar-refractivity contribution in [3.63, 3.8) is 0 Å². The van der Waals surface area contributed by atoms with Gasteiger partial charge in [-0.1, -0.05) is 47.7 Å². The monoisotopic (exact) mass is 292 g/mol. The number of aliphatic hydroxyl groups is 1. The summed E-state index contributed by atoms with van der Waals surface area (Å²) in [5, 5.41) is 21.4. The first-order chi connectivity index (χ1) is 10.9. The summed E-state index contributed by atoms with van der Waals surface area (Å²) in [6.07, 6.45) is 0. The van der Waals surface area contributed by atoms with Crippen molar-refractivity contribution < 1.29 is 5.11 Å². The average Bonchev–Trinajstić information content (AvgIpc) is 2.95. The van der Waals surface area contributed by atoms with E-state index in [0.29, 0.717) is 6.54 Å². The molecule has 0 aliphatic carbocycles. The zero-order chi connectivity index (χ0) is 14.9. The van der Waals surface area contributed by atoms with Gasteiger partial charge in [0.1, 0.15) is 5.69 Å². The fourth-order valence-corrected chi connectivity index (χ4v) is 2.95. The first kappa shape index (κ1) is 13.0. The molecule has 0 bridgehead atoms. The smallest absolute Gasteiger partial charge is 0.121 e. The third kappa shape index (κ3) is 1.98. The molecule has 5 heteroatoms. The number of nitrogens with one attached hydrogen (secondary N) is 1. The van der Waals surface area contributed by atoms with Crippen molar-refractivity contribution in [2.45, 2.75) is 13.1 Å². The Kier molecular flexibility index (Phi) is 3.12. The lowest BCUT2D eigenvalue weighted by molar-refractivity contribution is 0.269. The van der Waals surface area contributed by atoms with Crippen molar-refractivity contribution in [1.29, 1.82) is 0 Å². The average molecular weight is 292 g/mol. The van der Waals surface area contributed by atoms with Gasteiger partial charge in [0.15, 0.2) is 0 Å². The molecular formula is C17H16N4O. The van der Waals surface area contributed by atoms with Gasteiger partial charge in [-0.25, -0.2) is 4.68 Å². The summed E-state index contributed by atoms with van der Waals surface area (Å²) in [5.74, 6) is 0. The van der Waals surface area contributed by atoms with E-state index in [2.05, 4.69) is 39.9 Å². The Morgan fingerprint density at radius 1 is 1.05 bits per heavy atom. The van der Waals surface area contributed by atoms with Gasteiger partial charge in [-0.15, -0.1) is 5.10 Å². The molecule has 3 aromatic rings. The molecule has 5 nitrogen and oxygen atoms in total. The van der Waals surface area contributed by atoms with Crippen LogP contribution in [0.1, 0.15) is 5.56 Å². The Morgan fingerprint density at radius 2 is 1.82 bits per heavy atom. The highest BCUT2D eigenvalue weighted by atomic mass is 16.3. The third-order valence-corrected chi connectivity index (χ3v) is 3.97. The molecule has 0 unspecified atom stereocenters. The number of hydrogen-bond donors (Lipinski definition) is 2. The Morgan fingerprint density at radius 3 is 2.68 bits per heavy atom. The van der Waals surface area contributed by atoms with Gasteiger partial charge < -0.3 is 10.4 Å². The summed E-state index contributed by atoms with van der Waals surface area (Å²) in [7, 11) is 0. The lowest BCUT2D eigenvalue weighted by Gasteiger charge is -2.19. The van der Waals surface area contributed by atoms with Crippen molar-refractivity contribution in [2.24, 2.45) is 0 Å². The molecule has 0 spiro atoms. The molecule has 0 fully saturated rings. The van der Waals surface area contributed by atoms with Gasteiger partial charge in [0.2, 0.25) is 0 Å². The van der Waals surface area contributed by atoms with Crippen molar-refractivity contribution in [1.82, 2.24) is 15.0 Å². The number of fused-ring (bicyclic) bond motifs is 5. The van der Waals surface area contributed by atoms with Gasteiger partial charge in [0.05, 0.1) is 18.8 Å². The minimum atomic E-state index is 0.0348. The van der Waals surface area contributed by atoms with Gasteiger partial charge in [-0.3, -0.25) is 0 Å². The number of aliphatic hydroxyl groups excluding tert-OH is 1. The molecule has 22 heavy (non-hydrogen) atoms. The molecular weight excluding hydrogens is 276 g/mol. The van der Waals surface area contributed by atoms with E-state index in [9.17, 15) is 5.11 Å². The van der Waals surface area contributed by atoms with Gasteiger partial charge in [-0.2, -0.15) is 0 Å². The van der Waals surface area contributed by atoms with Crippen molar-refractivity contribution >= 4 is 5.69 Å². The molecule has 4 rings (SSSR count). The molecule has 0 atom stereocenters. The molecule has 1 aliphatic heterocycles. The van der Waals surface area contributed by atoms with Crippen LogP contribution in [0.25, 0.3) is 22.5 Å². The second-order valence-electron chi connectivity index (χ2n) is 5.29. The first-order valence-corrected chi connectivity index (χ1v) is 7.34. The lowest BCUT2D eigenvalue weighted by atomic mass is 9.97. The normalized spacial score (nSPS) is 12.4. The standard InChI is InChI=1S/C17H16N4O/c22-10-9-21-17-14-7-3-4-8-15(14)18-11-12-5-1-2-6-13(12)16(17)19-20-21/h1-8,18,22H,9-11H2. The van der Waals surface area contributed by atoms with E-state index in [0.717, 1.165) is 34.7 Å². The molecule has 1 aromatic heterocycles. The van der Waals surface area contributed by atoms with Crippen LogP contribution in [0.4, 0.5) is 5.69 Å². The summed E-state index contributed by atoms with van der Waals surface area (Å²) in [5.41, 5.74) is 6.21. The Balaban J connectivity index is 2.03. The molecule has 1 aliphatic rings. The molecule has 0 radical (unpaired) electrons. The summed E-state index contributed by atoms with van der Waals surface area (Å²) >= 11 is 0. The second-order valence-corrected chi connectivity index (χ2v) is 5.29. The topological polar surface area (TPSA) is 63.0 Å². The van der Waals surface area contributed by atoms with Crippen LogP contribution in [0.3, 0.4) is 0 Å². The number of benzene rings is 2. The maximum Gasteiger partial charge on any atom is 0.121 e. The van der Waals surface area contributed by atoms with Gasteiger partial charge >= 0.3 is 0 Å². The van der Waals surface area contributed by atoms with E-state index in [1.807, 2.05) is 24.3 Å². The Labute approximate surface area is 128 Å². The predicted octanol–water partition coefficient (Wildman–Crippen LogP) is 2.53. The van der Waals surface area contributed by atoms with E-state index in [1.165, 1.54) is 5.56 Å². The quantitative estimate of drug-likeness (QED) is 0.762. The van der Waals surface area contributed by atoms with E-state index in [1.54, 1.807) is 4.68 Å². The SMILES string of the molecule is OCCn1nnc2c1-c1ccccc1NCc1ccccc1-2. The van der Waals surface area contributed by atoms with Crippen molar-refractivity contribution in [2.75, 3.05) is 11.9 Å². The minimum absolute atomic E-state index is 0.0348. The van der Waals surface area contributed by atoms with Crippen LogP contribution in [0, 0.1) is 0 Å². The molecule has 2 heterocycles. The number of nitrogens with zero attached hydrogens (tertiary/aromatic N) is 3. The summed E-state index contributed by atoms with van der Waals surface area (Å²) < 4.78 is 1.78. The van der Waals surface area contributed by atoms with E-state index in [-0.39, 0.29) is 6.61 Å². The first-order valence-electron chi connectivity index (χ1n) is 7.34. The van der Waals surface area contributed by atoms with Gasteiger partial charge in [0.25, 0.3) is 0 Å². The number of para-hydroxylation sites is 1. The highest BCUT2D eigenvalue weighted by molar-refractivity contribution is 5.87. The van der Waals surface area contributed by atoms with Crippen LogP contribution in [-0.4, -0.2) is 26.7 Å². The van der Waals surface area contributed by atoms with E-state index < -0.39 is 0 Å². The zero-order valence-corrected chi connectivity index (χ0v) is 12.0. The number of rotatable bonds is 2. The fraction of sp³-hybridized carbons (Fsp3) is 0.176. The second kappa shape index (κ2) is 5.27. The van der Waals surface area contributed by atoms with Crippen LogP contribution in [-0.2, 0) is 13.1 Å². The highest BCUT2D eigenvalue weighted by Gasteiger charge is 2.22. The molecule has 110 valence electrons.